The lowest BCUT2D eigenvalue weighted by Gasteiger charge is -1.97. The molecule has 5 heteroatoms. The highest BCUT2D eigenvalue weighted by molar-refractivity contribution is 5.82. The van der Waals surface area contributed by atoms with Gasteiger partial charge in [0.05, 0.1) is 17.8 Å². The molecule has 0 amide bonds. The molecule has 0 bridgehead atoms. The van der Waals surface area contributed by atoms with Crippen LogP contribution in [0.2, 0.25) is 0 Å². The highest BCUT2D eigenvalue weighted by atomic mass is 15.3. The van der Waals surface area contributed by atoms with E-state index in [0.29, 0.717) is 5.56 Å². The molecule has 0 radical (unpaired) electrons. The third-order valence-electron chi connectivity index (χ3n) is 1.75. The maximum absolute atomic E-state index is 8.72. The van der Waals surface area contributed by atoms with Crippen LogP contribution in [0.4, 0.5) is 0 Å². The van der Waals surface area contributed by atoms with Crippen molar-refractivity contribution >= 4 is 12.2 Å². The van der Waals surface area contributed by atoms with Gasteiger partial charge in [-0.2, -0.15) is 10.4 Å². The summed E-state index contributed by atoms with van der Waals surface area (Å²) < 4.78 is 0. The van der Waals surface area contributed by atoms with Crippen LogP contribution in [-0.2, 0) is 0 Å². The highest BCUT2D eigenvalue weighted by Crippen LogP contribution is 2.08. The quantitative estimate of drug-likeness (QED) is 0.413. The molecule has 1 aromatic rings. The van der Waals surface area contributed by atoms with E-state index in [1.54, 1.807) is 12.1 Å². The largest absolute Gasteiger partial charge is 0.369 e. The molecule has 0 saturated carbocycles. The molecule has 0 unspecified atom stereocenters. The van der Waals surface area contributed by atoms with Gasteiger partial charge in [-0.15, -0.1) is 5.10 Å². The van der Waals surface area contributed by atoms with Crippen LogP contribution in [0.1, 0.15) is 16.7 Å². The predicted octanol–water partition coefficient (Wildman–Crippen LogP) is 0.474. The molecule has 0 aliphatic heterocycles. The number of hydrogen-bond acceptors (Lipinski definition) is 3. The van der Waals surface area contributed by atoms with Crippen LogP contribution < -0.4 is 11.5 Å². The molecule has 4 N–H and O–H groups in total. The Balaban J connectivity index is 2.90. The summed E-state index contributed by atoms with van der Waals surface area (Å²) in [6.07, 6.45) is 1.52. The van der Waals surface area contributed by atoms with Gasteiger partial charge in [0.1, 0.15) is 0 Å². The van der Waals surface area contributed by atoms with E-state index in [1.807, 2.05) is 13.0 Å². The number of nitriles is 1. The summed E-state index contributed by atoms with van der Waals surface area (Å²) in [5, 5.41) is 15.9. The summed E-state index contributed by atoms with van der Waals surface area (Å²) in [7, 11) is 0. The number of nitrogens with zero attached hydrogens (tertiary/aromatic N) is 3. The van der Waals surface area contributed by atoms with Crippen molar-refractivity contribution in [2.24, 2.45) is 21.7 Å². The first-order valence-electron chi connectivity index (χ1n) is 4.26. The van der Waals surface area contributed by atoms with Crippen molar-refractivity contribution in [3.63, 3.8) is 0 Å². The Morgan fingerprint density at radius 1 is 1.47 bits per heavy atom. The number of hydrogen-bond donors (Lipinski definition) is 2. The van der Waals surface area contributed by atoms with Crippen LogP contribution >= 0.6 is 0 Å². The van der Waals surface area contributed by atoms with Crippen molar-refractivity contribution in [1.29, 1.82) is 5.26 Å². The van der Waals surface area contributed by atoms with E-state index in [2.05, 4.69) is 16.3 Å². The topological polar surface area (TPSA) is 101 Å². The summed E-state index contributed by atoms with van der Waals surface area (Å²) in [6.45, 7) is 1.86. The van der Waals surface area contributed by atoms with Crippen LogP contribution in [-0.4, -0.2) is 12.2 Å². The Hall–Kier alpha value is -2.35. The van der Waals surface area contributed by atoms with Gasteiger partial charge in [-0.1, -0.05) is 6.07 Å². The minimum Gasteiger partial charge on any atom is -0.369 e. The summed E-state index contributed by atoms with van der Waals surface area (Å²) in [5.74, 6) is -0.0865. The smallest absolute Gasteiger partial charge is 0.211 e. The summed E-state index contributed by atoms with van der Waals surface area (Å²) >= 11 is 0. The summed E-state index contributed by atoms with van der Waals surface area (Å²) in [6, 6.07) is 7.43. The van der Waals surface area contributed by atoms with E-state index in [-0.39, 0.29) is 5.96 Å². The lowest BCUT2D eigenvalue weighted by atomic mass is 10.1. The normalized spacial score (nSPS) is 9.87. The average molecular weight is 201 g/mol. The third kappa shape index (κ3) is 3.12. The van der Waals surface area contributed by atoms with Crippen LogP contribution in [0.15, 0.2) is 28.4 Å². The van der Waals surface area contributed by atoms with Gasteiger partial charge >= 0.3 is 0 Å². The van der Waals surface area contributed by atoms with Gasteiger partial charge in [-0.3, -0.25) is 0 Å². The molecule has 76 valence electrons. The van der Waals surface area contributed by atoms with E-state index in [1.165, 1.54) is 6.21 Å². The second kappa shape index (κ2) is 4.77. The molecule has 0 heterocycles. The SMILES string of the molecule is Cc1cc(C=NN=C(N)N)ccc1C#N. The minimum absolute atomic E-state index is 0.0865. The van der Waals surface area contributed by atoms with Crippen LogP contribution in [0.25, 0.3) is 0 Å². The Kier molecular flexibility index (Phi) is 3.41. The van der Waals surface area contributed by atoms with Gasteiger partial charge in [0.2, 0.25) is 5.96 Å². The molecule has 0 aliphatic rings. The Labute approximate surface area is 87.7 Å². The Morgan fingerprint density at radius 3 is 2.73 bits per heavy atom. The Morgan fingerprint density at radius 2 is 2.20 bits per heavy atom. The fraction of sp³-hybridized carbons (Fsp3) is 0.100. The van der Waals surface area contributed by atoms with Crippen molar-refractivity contribution in [1.82, 2.24) is 0 Å². The lowest BCUT2D eigenvalue weighted by Crippen LogP contribution is -2.21. The standard InChI is InChI=1S/C10H11N5/c1-7-4-8(2-3-9(7)5-11)6-14-15-10(12)13/h2-4,6H,1H3,(H4,12,13,15). The monoisotopic (exact) mass is 201 g/mol. The molecule has 5 nitrogen and oxygen atoms in total. The number of aryl methyl sites for hydroxylation is 1. The summed E-state index contributed by atoms with van der Waals surface area (Å²) in [4.78, 5) is 0. The minimum atomic E-state index is -0.0865. The number of rotatable bonds is 2. The first-order chi connectivity index (χ1) is 7.13. The van der Waals surface area contributed by atoms with E-state index >= 15 is 0 Å². The molecule has 0 fully saturated rings. The van der Waals surface area contributed by atoms with Crippen molar-refractivity contribution in [2.45, 2.75) is 6.92 Å². The van der Waals surface area contributed by atoms with Gasteiger partial charge in [-0.05, 0) is 30.2 Å². The second-order valence-corrected chi connectivity index (χ2v) is 2.96. The van der Waals surface area contributed by atoms with Crippen LogP contribution in [0.3, 0.4) is 0 Å². The molecule has 0 spiro atoms. The maximum atomic E-state index is 8.72. The third-order valence-corrected chi connectivity index (χ3v) is 1.75. The van der Waals surface area contributed by atoms with E-state index in [9.17, 15) is 0 Å². The van der Waals surface area contributed by atoms with E-state index < -0.39 is 0 Å². The van der Waals surface area contributed by atoms with Gasteiger partial charge < -0.3 is 11.5 Å². The number of benzene rings is 1. The molecular weight excluding hydrogens is 190 g/mol. The van der Waals surface area contributed by atoms with Crippen molar-refractivity contribution in [3.05, 3.63) is 34.9 Å². The molecule has 15 heavy (non-hydrogen) atoms. The van der Waals surface area contributed by atoms with E-state index in [0.717, 1.165) is 11.1 Å². The highest BCUT2D eigenvalue weighted by Gasteiger charge is 1.96. The fourth-order valence-corrected chi connectivity index (χ4v) is 1.05. The first kappa shape index (κ1) is 10.7. The molecule has 0 atom stereocenters. The van der Waals surface area contributed by atoms with Gasteiger partial charge in [-0.25, -0.2) is 0 Å². The van der Waals surface area contributed by atoms with Crippen molar-refractivity contribution in [2.75, 3.05) is 0 Å². The van der Waals surface area contributed by atoms with Gasteiger partial charge in [0.25, 0.3) is 0 Å². The second-order valence-electron chi connectivity index (χ2n) is 2.96. The molecule has 0 aromatic heterocycles. The maximum Gasteiger partial charge on any atom is 0.211 e. The Bertz CT molecular complexity index is 449. The lowest BCUT2D eigenvalue weighted by molar-refractivity contribution is 1.21. The van der Waals surface area contributed by atoms with Gasteiger partial charge in [0.15, 0.2) is 0 Å². The molecule has 1 rings (SSSR count). The predicted molar refractivity (Wildman–Crippen MR) is 59.3 cm³/mol. The van der Waals surface area contributed by atoms with Crippen molar-refractivity contribution < 1.29 is 0 Å². The zero-order chi connectivity index (χ0) is 11.3. The van der Waals surface area contributed by atoms with E-state index in [4.69, 9.17) is 16.7 Å². The summed E-state index contributed by atoms with van der Waals surface area (Å²) in [5.41, 5.74) is 12.6. The molecule has 1 aromatic carbocycles. The van der Waals surface area contributed by atoms with Crippen molar-refractivity contribution in [3.8, 4) is 6.07 Å². The fourth-order valence-electron chi connectivity index (χ4n) is 1.05. The first-order valence-corrected chi connectivity index (χ1v) is 4.26. The molecule has 0 saturated heterocycles. The van der Waals surface area contributed by atoms with Gasteiger partial charge in [0, 0.05) is 0 Å². The number of nitrogens with two attached hydrogens (primary N) is 2. The van der Waals surface area contributed by atoms with Crippen LogP contribution in [0.5, 0.6) is 0 Å². The molecular formula is C10H11N5. The average Bonchev–Trinajstić information content (AvgIpc) is 2.17. The molecule has 0 aliphatic carbocycles. The number of guanidine groups is 1. The zero-order valence-corrected chi connectivity index (χ0v) is 8.31. The van der Waals surface area contributed by atoms with Crippen LogP contribution in [0, 0.1) is 18.3 Å². The zero-order valence-electron chi connectivity index (χ0n) is 8.31.